The Morgan fingerprint density at radius 1 is 1.12 bits per heavy atom. The summed E-state index contributed by atoms with van der Waals surface area (Å²) in [5.41, 5.74) is 2.07. The van der Waals surface area contributed by atoms with Gasteiger partial charge in [-0.25, -0.2) is 0 Å². The number of hydrogen-bond donors (Lipinski definition) is 3. The summed E-state index contributed by atoms with van der Waals surface area (Å²) >= 11 is 0. The second kappa shape index (κ2) is 10.2. The van der Waals surface area contributed by atoms with Crippen molar-refractivity contribution in [1.82, 2.24) is 10.6 Å². The van der Waals surface area contributed by atoms with Crippen LogP contribution in [-0.2, 0) is 16.0 Å². The Morgan fingerprint density at radius 2 is 1.80 bits per heavy atom. The number of carbonyl (C=O) groups excluding carboxylic acids is 2. The summed E-state index contributed by atoms with van der Waals surface area (Å²) in [5.74, 6) is 0.115. The Kier molecular flexibility index (Phi) is 7.92. The van der Waals surface area contributed by atoms with Gasteiger partial charge in [-0.15, -0.1) is 0 Å². The number of aliphatic hydroxyl groups is 1. The van der Waals surface area contributed by atoms with Crippen molar-refractivity contribution >= 4 is 11.8 Å². The molecule has 0 spiro atoms. The van der Waals surface area contributed by atoms with E-state index in [1.165, 1.54) is 24.8 Å². The van der Waals surface area contributed by atoms with Crippen molar-refractivity contribution in [3.8, 4) is 0 Å². The van der Waals surface area contributed by atoms with Crippen LogP contribution in [0, 0.1) is 5.92 Å². The van der Waals surface area contributed by atoms with Gasteiger partial charge in [-0.1, -0.05) is 50.5 Å². The van der Waals surface area contributed by atoms with Crippen LogP contribution in [0.4, 0.5) is 0 Å². The van der Waals surface area contributed by atoms with Gasteiger partial charge in [-0.05, 0) is 36.3 Å². The molecule has 3 N–H and O–H groups in total. The summed E-state index contributed by atoms with van der Waals surface area (Å²) < 4.78 is 0. The summed E-state index contributed by atoms with van der Waals surface area (Å²) in [6.45, 7) is 1.86. The SMILES string of the molecule is CCc1ccc(C(CO)NC(=O)CNC(=O)CC2CCCCC2)cc1. The van der Waals surface area contributed by atoms with Gasteiger partial charge < -0.3 is 15.7 Å². The Balaban J connectivity index is 1.76. The van der Waals surface area contributed by atoms with Crippen LogP contribution in [-0.4, -0.2) is 30.1 Å². The zero-order valence-electron chi connectivity index (χ0n) is 15.1. The summed E-state index contributed by atoms with van der Waals surface area (Å²) in [6, 6.07) is 7.38. The molecule has 1 aliphatic rings. The van der Waals surface area contributed by atoms with Crippen molar-refractivity contribution in [3.05, 3.63) is 35.4 Å². The van der Waals surface area contributed by atoms with E-state index in [0.29, 0.717) is 12.3 Å². The Hall–Kier alpha value is -1.88. The molecule has 5 heteroatoms. The van der Waals surface area contributed by atoms with Gasteiger partial charge in [-0.2, -0.15) is 0 Å². The largest absolute Gasteiger partial charge is 0.394 e. The maximum Gasteiger partial charge on any atom is 0.239 e. The Morgan fingerprint density at radius 3 is 2.40 bits per heavy atom. The van der Waals surface area contributed by atoms with E-state index in [1.807, 2.05) is 24.3 Å². The first kappa shape index (κ1) is 19.4. The molecule has 5 nitrogen and oxygen atoms in total. The lowest BCUT2D eigenvalue weighted by molar-refractivity contribution is -0.127. The van der Waals surface area contributed by atoms with Gasteiger partial charge in [0.2, 0.25) is 11.8 Å². The lowest BCUT2D eigenvalue weighted by Gasteiger charge is -2.21. The van der Waals surface area contributed by atoms with Crippen molar-refractivity contribution in [2.75, 3.05) is 13.2 Å². The maximum absolute atomic E-state index is 12.1. The third-order valence-corrected chi connectivity index (χ3v) is 4.95. The third kappa shape index (κ3) is 6.50. The lowest BCUT2D eigenvalue weighted by atomic mass is 9.87. The van der Waals surface area contributed by atoms with Crippen LogP contribution in [0.5, 0.6) is 0 Å². The van der Waals surface area contributed by atoms with Crippen molar-refractivity contribution < 1.29 is 14.7 Å². The molecule has 0 aliphatic heterocycles. The van der Waals surface area contributed by atoms with E-state index < -0.39 is 6.04 Å². The highest BCUT2D eigenvalue weighted by Gasteiger charge is 2.18. The van der Waals surface area contributed by atoms with Gasteiger partial charge in [0.25, 0.3) is 0 Å². The van der Waals surface area contributed by atoms with Crippen LogP contribution >= 0.6 is 0 Å². The topological polar surface area (TPSA) is 78.4 Å². The number of aliphatic hydroxyl groups excluding tert-OH is 1. The van der Waals surface area contributed by atoms with E-state index in [0.717, 1.165) is 24.8 Å². The molecule has 0 radical (unpaired) electrons. The quantitative estimate of drug-likeness (QED) is 0.677. The van der Waals surface area contributed by atoms with Gasteiger partial charge in [-0.3, -0.25) is 9.59 Å². The minimum Gasteiger partial charge on any atom is -0.394 e. The van der Waals surface area contributed by atoms with Crippen molar-refractivity contribution in [2.24, 2.45) is 5.92 Å². The van der Waals surface area contributed by atoms with Gasteiger partial charge in [0.15, 0.2) is 0 Å². The highest BCUT2D eigenvalue weighted by atomic mass is 16.3. The van der Waals surface area contributed by atoms with Crippen molar-refractivity contribution in [3.63, 3.8) is 0 Å². The van der Waals surface area contributed by atoms with Crippen LogP contribution in [0.15, 0.2) is 24.3 Å². The van der Waals surface area contributed by atoms with Gasteiger partial charge in [0.1, 0.15) is 0 Å². The van der Waals surface area contributed by atoms with E-state index in [9.17, 15) is 14.7 Å². The molecular weight excluding hydrogens is 316 g/mol. The first-order chi connectivity index (χ1) is 12.1. The molecular formula is C20H30N2O3. The summed E-state index contributed by atoms with van der Waals surface area (Å²) in [6.07, 6.45) is 7.35. The minimum absolute atomic E-state index is 0.0465. The van der Waals surface area contributed by atoms with Gasteiger partial charge >= 0.3 is 0 Å². The van der Waals surface area contributed by atoms with Gasteiger partial charge in [0, 0.05) is 6.42 Å². The lowest BCUT2D eigenvalue weighted by Crippen LogP contribution is -2.40. The number of amides is 2. The van der Waals surface area contributed by atoms with E-state index in [4.69, 9.17) is 0 Å². The molecule has 1 atom stereocenters. The minimum atomic E-state index is -0.450. The maximum atomic E-state index is 12.1. The number of hydrogen-bond acceptors (Lipinski definition) is 3. The van der Waals surface area contributed by atoms with Crippen molar-refractivity contribution in [2.45, 2.75) is 57.9 Å². The fraction of sp³-hybridized carbons (Fsp3) is 0.600. The fourth-order valence-corrected chi connectivity index (χ4v) is 3.37. The second-order valence-corrected chi connectivity index (χ2v) is 6.88. The van der Waals surface area contributed by atoms with Gasteiger partial charge in [0.05, 0.1) is 19.2 Å². The first-order valence-corrected chi connectivity index (χ1v) is 9.38. The molecule has 0 heterocycles. The zero-order chi connectivity index (χ0) is 18.1. The molecule has 0 saturated heterocycles. The molecule has 25 heavy (non-hydrogen) atoms. The molecule has 2 amide bonds. The normalized spacial score (nSPS) is 16.2. The number of nitrogens with one attached hydrogen (secondary N) is 2. The van der Waals surface area contributed by atoms with Crippen LogP contribution in [0.3, 0.4) is 0 Å². The number of rotatable bonds is 8. The highest BCUT2D eigenvalue weighted by molar-refractivity contribution is 5.85. The van der Waals surface area contributed by atoms with E-state index in [-0.39, 0.29) is 25.0 Å². The summed E-state index contributed by atoms with van der Waals surface area (Å²) in [4.78, 5) is 24.0. The predicted molar refractivity (Wildman–Crippen MR) is 98.0 cm³/mol. The Labute approximate surface area is 150 Å². The summed E-state index contributed by atoms with van der Waals surface area (Å²) in [5, 5.41) is 15.0. The smallest absolute Gasteiger partial charge is 0.239 e. The number of carbonyl (C=O) groups is 2. The molecule has 2 rings (SSSR count). The Bertz CT molecular complexity index is 551. The molecule has 1 unspecified atom stereocenters. The molecule has 1 aromatic carbocycles. The molecule has 138 valence electrons. The monoisotopic (exact) mass is 346 g/mol. The number of aryl methyl sites for hydroxylation is 1. The molecule has 1 fully saturated rings. The standard InChI is InChI=1S/C20H30N2O3/c1-2-15-8-10-17(11-9-15)18(14-23)22-20(25)13-21-19(24)12-16-6-4-3-5-7-16/h8-11,16,18,23H,2-7,12-14H2,1H3,(H,21,24)(H,22,25). The van der Waals surface area contributed by atoms with Crippen LogP contribution in [0.2, 0.25) is 0 Å². The van der Waals surface area contributed by atoms with E-state index in [2.05, 4.69) is 17.6 Å². The van der Waals surface area contributed by atoms with E-state index in [1.54, 1.807) is 0 Å². The third-order valence-electron chi connectivity index (χ3n) is 4.95. The van der Waals surface area contributed by atoms with Crippen LogP contribution < -0.4 is 10.6 Å². The fourth-order valence-electron chi connectivity index (χ4n) is 3.37. The molecule has 1 aromatic rings. The zero-order valence-corrected chi connectivity index (χ0v) is 15.1. The summed E-state index contributed by atoms with van der Waals surface area (Å²) in [7, 11) is 0. The predicted octanol–water partition coefficient (Wildman–Crippen LogP) is 2.49. The van der Waals surface area contributed by atoms with Crippen LogP contribution in [0.25, 0.3) is 0 Å². The first-order valence-electron chi connectivity index (χ1n) is 9.38. The molecule has 0 bridgehead atoms. The average Bonchev–Trinajstić information content (AvgIpc) is 2.65. The van der Waals surface area contributed by atoms with Crippen molar-refractivity contribution in [1.29, 1.82) is 0 Å². The molecule has 1 saturated carbocycles. The van der Waals surface area contributed by atoms with E-state index >= 15 is 0 Å². The molecule has 1 aliphatic carbocycles. The second-order valence-electron chi connectivity index (χ2n) is 6.88. The number of benzene rings is 1. The van der Waals surface area contributed by atoms with Crippen LogP contribution in [0.1, 0.15) is 62.6 Å². The average molecular weight is 346 g/mol. The molecule has 0 aromatic heterocycles. The highest BCUT2D eigenvalue weighted by Crippen LogP contribution is 2.26.